The van der Waals surface area contributed by atoms with Crippen molar-refractivity contribution in [2.45, 2.75) is 0 Å². The molecule has 1 saturated heterocycles. The van der Waals surface area contributed by atoms with Gasteiger partial charge in [0.25, 0.3) is 5.91 Å². The Hall–Kier alpha value is -1.73. The SMILES string of the molecule is O=C(Nc1ccc(Br)cc1F)C1CN(C(=O)c2cccs2)C1. The molecule has 7 heteroatoms. The van der Waals surface area contributed by atoms with Gasteiger partial charge in [0, 0.05) is 17.6 Å². The number of amides is 2. The van der Waals surface area contributed by atoms with Crippen LogP contribution in [0.15, 0.2) is 40.2 Å². The van der Waals surface area contributed by atoms with Crippen molar-refractivity contribution in [2.24, 2.45) is 5.92 Å². The number of nitrogens with one attached hydrogen (secondary N) is 1. The molecule has 1 N–H and O–H groups in total. The topological polar surface area (TPSA) is 49.4 Å². The number of likely N-dealkylation sites (tertiary alicyclic amines) is 1. The first-order chi connectivity index (χ1) is 10.5. The maximum Gasteiger partial charge on any atom is 0.263 e. The molecule has 0 bridgehead atoms. The lowest BCUT2D eigenvalue weighted by atomic mass is 9.98. The van der Waals surface area contributed by atoms with Crippen LogP contribution < -0.4 is 5.32 Å². The number of hydrogen-bond acceptors (Lipinski definition) is 3. The molecule has 0 atom stereocenters. The molecule has 1 aliphatic heterocycles. The van der Waals surface area contributed by atoms with Gasteiger partial charge in [0.1, 0.15) is 5.82 Å². The molecule has 0 aliphatic carbocycles. The molecular weight excluding hydrogens is 371 g/mol. The largest absolute Gasteiger partial charge is 0.336 e. The summed E-state index contributed by atoms with van der Waals surface area (Å²) in [5.74, 6) is -1.12. The summed E-state index contributed by atoms with van der Waals surface area (Å²) in [6.45, 7) is 0.724. The van der Waals surface area contributed by atoms with Gasteiger partial charge in [-0.2, -0.15) is 0 Å². The Labute approximate surface area is 139 Å². The molecule has 0 radical (unpaired) electrons. The average Bonchev–Trinajstić information content (AvgIpc) is 2.94. The second-order valence-corrected chi connectivity index (χ2v) is 6.86. The zero-order valence-corrected chi connectivity index (χ0v) is 13.8. The molecule has 2 heterocycles. The molecule has 0 saturated carbocycles. The Morgan fingerprint density at radius 3 is 2.73 bits per heavy atom. The van der Waals surface area contributed by atoms with Gasteiger partial charge in [0.05, 0.1) is 16.5 Å². The third-order valence-corrected chi connectivity index (χ3v) is 4.81. The maximum absolute atomic E-state index is 13.7. The highest BCUT2D eigenvalue weighted by Crippen LogP contribution is 2.24. The van der Waals surface area contributed by atoms with Gasteiger partial charge in [-0.15, -0.1) is 11.3 Å². The van der Waals surface area contributed by atoms with Crippen molar-refractivity contribution in [3.63, 3.8) is 0 Å². The Morgan fingerprint density at radius 1 is 1.32 bits per heavy atom. The molecule has 1 aliphatic rings. The predicted octanol–water partition coefficient (Wildman–Crippen LogP) is 3.36. The second kappa shape index (κ2) is 6.18. The predicted molar refractivity (Wildman–Crippen MR) is 86.4 cm³/mol. The Balaban J connectivity index is 1.56. The second-order valence-electron chi connectivity index (χ2n) is 5.00. The first-order valence-corrected chi connectivity index (χ1v) is 8.30. The molecule has 1 fully saturated rings. The number of carbonyl (C=O) groups excluding carboxylic acids is 2. The van der Waals surface area contributed by atoms with E-state index in [9.17, 15) is 14.0 Å². The van der Waals surface area contributed by atoms with Crippen LogP contribution in [0.3, 0.4) is 0 Å². The van der Waals surface area contributed by atoms with E-state index in [4.69, 9.17) is 0 Å². The van der Waals surface area contributed by atoms with Gasteiger partial charge in [-0.05, 0) is 29.6 Å². The molecule has 114 valence electrons. The number of carbonyl (C=O) groups is 2. The van der Waals surface area contributed by atoms with Crippen LogP contribution in [0.2, 0.25) is 0 Å². The fourth-order valence-electron chi connectivity index (χ4n) is 2.19. The molecule has 0 unspecified atom stereocenters. The molecule has 2 amide bonds. The number of hydrogen-bond donors (Lipinski definition) is 1. The highest BCUT2D eigenvalue weighted by atomic mass is 79.9. The molecule has 4 nitrogen and oxygen atoms in total. The highest BCUT2D eigenvalue weighted by molar-refractivity contribution is 9.10. The van der Waals surface area contributed by atoms with E-state index < -0.39 is 5.82 Å². The Morgan fingerprint density at radius 2 is 2.09 bits per heavy atom. The minimum absolute atomic E-state index is 0.0612. The van der Waals surface area contributed by atoms with Gasteiger partial charge in [0.15, 0.2) is 0 Å². The first-order valence-electron chi connectivity index (χ1n) is 6.63. The summed E-state index contributed by atoms with van der Waals surface area (Å²) >= 11 is 4.54. The molecule has 22 heavy (non-hydrogen) atoms. The summed E-state index contributed by atoms with van der Waals surface area (Å²) in [4.78, 5) is 26.4. The van der Waals surface area contributed by atoms with Crippen LogP contribution >= 0.6 is 27.3 Å². The molecule has 3 rings (SSSR count). The quantitative estimate of drug-likeness (QED) is 0.884. The van der Waals surface area contributed by atoms with E-state index in [1.165, 1.54) is 23.5 Å². The van der Waals surface area contributed by atoms with Crippen molar-refractivity contribution >= 4 is 44.8 Å². The van der Waals surface area contributed by atoms with Crippen LogP contribution in [0.25, 0.3) is 0 Å². The molecule has 1 aromatic carbocycles. The molecule has 2 aromatic rings. The lowest BCUT2D eigenvalue weighted by Crippen LogP contribution is -2.54. The van der Waals surface area contributed by atoms with Crippen molar-refractivity contribution in [1.29, 1.82) is 0 Å². The average molecular weight is 383 g/mol. The zero-order chi connectivity index (χ0) is 15.7. The minimum Gasteiger partial charge on any atom is -0.336 e. The van der Waals surface area contributed by atoms with Gasteiger partial charge in [0.2, 0.25) is 5.91 Å². The van der Waals surface area contributed by atoms with E-state index in [2.05, 4.69) is 21.2 Å². The van der Waals surface area contributed by atoms with Gasteiger partial charge < -0.3 is 10.2 Å². The van der Waals surface area contributed by atoms with Gasteiger partial charge in [-0.25, -0.2) is 4.39 Å². The third kappa shape index (κ3) is 3.05. The zero-order valence-electron chi connectivity index (χ0n) is 11.4. The smallest absolute Gasteiger partial charge is 0.263 e. The van der Waals surface area contributed by atoms with Crippen LogP contribution in [-0.2, 0) is 4.79 Å². The van der Waals surface area contributed by atoms with Crippen molar-refractivity contribution in [2.75, 3.05) is 18.4 Å². The summed E-state index contributed by atoms with van der Waals surface area (Å²) in [6, 6.07) is 8.04. The minimum atomic E-state index is -0.492. The van der Waals surface area contributed by atoms with Crippen molar-refractivity contribution in [3.05, 3.63) is 50.9 Å². The summed E-state index contributed by atoms with van der Waals surface area (Å²) in [7, 11) is 0. The number of benzene rings is 1. The lowest BCUT2D eigenvalue weighted by molar-refractivity contribution is -0.123. The van der Waals surface area contributed by atoms with Crippen molar-refractivity contribution in [1.82, 2.24) is 4.90 Å². The van der Waals surface area contributed by atoms with Crippen LogP contribution in [0, 0.1) is 11.7 Å². The lowest BCUT2D eigenvalue weighted by Gasteiger charge is -2.37. The van der Waals surface area contributed by atoms with Gasteiger partial charge in [-0.3, -0.25) is 9.59 Å². The van der Waals surface area contributed by atoms with Crippen molar-refractivity contribution < 1.29 is 14.0 Å². The number of nitrogens with zero attached hydrogens (tertiary/aromatic N) is 1. The molecular formula is C15H12BrFN2O2S. The number of halogens is 2. The Bertz CT molecular complexity index is 714. The Kier molecular flexibility index (Phi) is 4.26. The monoisotopic (exact) mass is 382 g/mol. The number of anilines is 1. The van der Waals surface area contributed by atoms with Crippen molar-refractivity contribution in [3.8, 4) is 0 Å². The first kappa shape index (κ1) is 15.2. The van der Waals surface area contributed by atoms with Crippen LogP contribution in [0.5, 0.6) is 0 Å². The summed E-state index contributed by atoms with van der Waals surface area (Å²) in [5.41, 5.74) is 0.149. The van der Waals surface area contributed by atoms with Gasteiger partial charge >= 0.3 is 0 Å². The van der Waals surface area contributed by atoms with E-state index in [1.807, 2.05) is 11.4 Å². The summed E-state index contributed by atoms with van der Waals surface area (Å²) in [6.07, 6.45) is 0. The fraction of sp³-hybridized carbons (Fsp3) is 0.200. The highest BCUT2D eigenvalue weighted by Gasteiger charge is 2.36. The summed E-state index contributed by atoms with van der Waals surface area (Å²) < 4.78 is 14.3. The maximum atomic E-state index is 13.7. The van der Waals surface area contributed by atoms with Crippen LogP contribution in [-0.4, -0.2) is 29.8 Å². The normalized spacial score (nSPS) is 14.5. The molecule has 1 aromatic heterocycles. The number of rotatable bonds is 3. The fourth-order valence-corrected chi connectivity index (χ4v) is 3.22. The third-order valence-electron chi connectivity index (χ3n) is 3.46. The summed E-state index contributed by atoms with van der Waals surface area (Å²) in [5, 5.41) is 4.40. The standard InChI is InChI=1S/C15H12BrFN2O2S/c16-10-3-4-12(11(17)6-10)18-14(20)9-7-19(8-9)15(21)13-2-1-5-22-13/h1-6,9H,7-8H2,(H,18,20). The van der Waals surface area contributed by atoms with Crippen LogP contribution in [0.4, 0.5) is 10.1 Å². The van der Waals surface area contributed by atoms with E-state index >= 15 is 0 Å². The molecule has 0 spiro atoms. The van der Waals surface area contributed by atoms with Crippen LogP contribution in [0.1, 0.15) is 9.67 Å². The number of thiophene rings is 1. The van der Waals surface area contributed by atoms with E-state index in [0.29, 0.717) is 22.4 Å². The van der Waals surface area contributed by atoms with E-state index in [1.54, 1.807) is 17.0 Å². The van der Waals surface area contributed by atoms with E-state index in [0.717, 1.165) is 0 Å². The van der Waals surface area contributed by atoms with E-state index in [-0.39, 0.29) is 23.4 Å². The van der Waals surface area contributed by atoms with Gasteiger partial charge in [-0.1, -0.05) is 22.0 Å².